The van der Waals surface area contributed by atoms with E-state index in [1.54, 1.807) is 6.07 Å². The molecule has 3 rings (SSSR count). The normalized spacial score (nSPS) is 18.8. The monoisotopic (exact) mass is 305 g/mol. The Morgan fingerprint density at radius 3 is 2.80 bits per heavy atom. The van der Waals surface area contributed by atoms with Crippen LogP contribution < -0.4 is 5.32 Å². The molecule has 1 N–H and O–H groups in total. The van der Waals surface area contributed by atoms with Gasteiger partial charge in [-0.2, -0.15) is 11.8 Å². The second kappa shape index (κ2) is 6.46. The highest BCUT2D eigenvalue weighted by Crippen LogP contribution is 2.23. The van der Waals surface area contributed by atoms with E-state index in [1.807, 2.05) is 42.1 Å². The summed E-state index contributed by atoms with van der Waals surface area (Å²) in [4.78, 5) is 8.89. The summed E-state index contributed by atoms with van der Waals surface area (Å²) in [5.41, 5.74) is 0.982. The van der Waals surface area contributed by atoms with E-state index in [9.17, 15) is 0 Å². The molecule has 3 nitrogen and oxygen atoms in total. The van der Waals surface area contributed by atoms with Gasteiger partial charge in [0, 0.05) is 23.4 Å². The predicted octanol–water partition coefficient (Wildman–Crippen LogP) is 4.10. The molecule has 1 aliphatic heterocycles. The zero-order valence-corrected chi connectivity index (χ0v) is 12.6. The Kier molecular flexibility index (Phi) is 4.43. The lowest BCUT2D eigenvalue weighted by Crippen LogP contribution is -2.26. The van der Waals surface area contributed by atoms with Gasteiger partial charge in [-0.3, -0.25) is 0 Å². The minimum Gasteiger partial charge on any atom is -0.366 e. The number of hydrogen-bond acceptors (Lipinski definition) is 4. The van der Waals surface area contributed by atoms with Crippen LogP contribution in [-0.4, -0.2) is 27.5 Å². The van der Waals surface area contributed by atoms with E-state index in [0.29, 0.717) is 17.0 Å². The second-order valence-corrected chi connectivity index (χ2v) is 6.36. The highest BCUT2D eigenvalue weighted by molar-refractivity contribution is 7.99. The maximum Gasteiger partial charge on any atom is 0.163 e. The lowest BCUT2D eigenvalue weighted by Gasteiger charge is -2.23. The van der Waals surface area contributed by atoms with Gasteiger partial charge in [0.1, 0.15) is 11.0 Å². The molecule has 1 atom stereocenters. The first-order valence-corrected chi connectivity index (χ1v) is 8.29. The van der Waals surface area contributed by atoms with Gasteiger partial charge >= 0.3 is 0 Å². The van der Waals surface area contributed by atoms with Gasteiger partial charge in [-0.25, -0.2) is 9.97 Å². The molecule has 0 bridgehead atoms. The Hall–Kier alpha value is -1.26. The van der Waals surface area contributed by atoms with Crippen LogP contribution in [0.2, 0.25) is 5.15 Å². The van der Waals surface area contributed by atoms with Gasteiger partial charge in [0.25, 0.3) is 0 Å². The molecule has 1 aromatic carbocycles. The summed E-state index contributed by atoms with van der Waals surface area (Å²) < 4.78 is 0. The molecular formula is C15H16ClN3S. The van der Waals surface area contributed by atoms with Crippen LogP contribution in [0, 0.1) is 0 Å². The summed E-state index contributed by atoms with van der Waals surface area (Å²) in [7, 11) is 0. The van der Waals surface area contributed by atoms with E-state index < -0.39 is 0 Å². The molecule has 0 aliphatic carbocycles. The van der Waals surface area contributed by atoms with Crippen LogP contribution in [0.3, 0.4) is 0 Å². The van der Waals surface area contributed by atoms with Gasteiger partial charge in [0.05, 0.1) is 0 Å². The molecule has 5 heteroatoms. The molecule has 0 saturated carbocycles. The summed E-state index contributed by atoms with van der Waals surface area (Å²) in [6.07, 6.45) is 2.45. The van der Waals surface area contributed by atoms with Crippen molar-refractivity contribution in [2.24, 2.45) is 0 Å². The summed E-state index contributed by atoms with van der Waals surface area (Å²) in [6, 6.07) is 12.2. The number of anilines is 1. The maximum atomic E-state index is 6.12. The molecule has 2 aromatic rings. The van der Waals surface area contributed by atoms with Gasteiger partial charge in [-0.15, -0.1) is 0 Å². The number of benzene rings is 1. The van der Waals surface area contributed by atoms with Gasteiger partial charge in [0.15, 0.2) is 5.82 Å². The number of nitrogens with zero attached hydrogens (tertiary/aromatic N) is 2. The zero-order valence-electron chi connectivity index (χ0n) is 11.1. The van der Waals surface area contributed by atoms with Gasteiger partial charge in [0.2, 0.25) is 0 Å². The number of hydrogen-bond donors (Lipinski definition) is 1. The number of nitrogens with one attached hydrogen (secondary N) is 1. The minimum absolute atomic E-state index is 0.475. The smallest absolute Gasteiger partial charge is 0.163 e. The molecule has 0 amide bonds. The summed E-state index contributed by atoms with van der Waals surface area (Å²) in [5.74, 6) is 3.88. The number of rotatable bonds is 3. The van der Waals surface area contributed by atoms with Crippen LogP contribution in [0.15, 0.2) is 36.4 Å². The van der Waals surface area contributed by atoms with Crippen molar-refractivity contribution >= 4 is 29.2 Å². The third kappa shape index (κ3) is 3.44. The average molecular weight is 306 g/mol. The predicted molar refractivity (Wildman–Crippen MR) is 86.4 cm³/mol. The van der Waals surface area contributed by atoms with Crippen molar-refractivity contribution in [3.8, 4) is 11.4 Å². The van der Waals surface area contributed by atoms with Crippen molar-refractivity contribution in [2.75, 3.05) is 16.8 Å². The highest BCUT2D eigenvalue weighted by atomic mass is 35.5. The Labute approximate surface area is 128 Å². The zero-order chi connectivity index (χ0) is 13.8. The molecule has 0 spiro atoms. The largest absolute Gasteiger partial charge is 0.366 e. The number of halogens is 1. The van der Waals surface area contributed by atoms with Crippen molar-refractivity contribution in [3.05, 3.63) is 41.6 Å². The fourth-order valence-corrected chi connectivity index (χ4v) is 3.53. The molecule has 104 valence electrons. The van der Waals surface area contributed by atoms with Crippen molar-refractivity contribution < 1.29 is 0 Å². The average Bonchev–Trinajstić information content (AvgIpc) is 2.49. The Bertz CT molecular complexity index is 571. The van der Waals surface area contributed by atoms with E-state index in [2.05, 4.69) is 15.3 Å². The van der Waals surface area contributed by atoms with E-state index in [4.69, 9.17) is 11.6 Å². The fraction of sp³-hybridized carbons (Fsp3) is 0.333. The van der Waals surface area contributed by atoms with Crippen LogP contribution in [0.25, 0.3) is 11.4 Å². The summed E-state index contributed by atoms with van der Waals surface area (Å²) >= 11 is 8.11. The lowest BCUT2D eigenvalue weighted by atomic mass is 10.2. The standard InChI is InChI=1S/C15H16ClN3S/c16-13-9-14(17-12-7-4-8-20-10-12)19-15(18-13)11-5-2-1-3-6-11/h1-3,5-6,9,12H,4,7-8,10H2,(H,17,18,19). The molecule has 20 heavy (non-hydrogen) atoms. The summed E-state index contributed by atoms with van der Waals surface area (Å²) in [5, 5.41) is 3.95. The molecule has 0 radical (unpaired) electrons. The van der Waals surface area contributed by atoms with E-state index >= 15 is 0 Å². The van der Waals surface area contributed by atoms with Crippen LogP contribution in [0.1, 0.15) is 12.8 Å². The second-order valence-electron chi connectivity index (χ2n) is 4.82. The third-order valence-electron chi connectivity index (χ3n) is 3.24. The van der Waals surface area contributed by atoms with Crippen LogP contribution in [0.4, 0.5) is 5.82 Å². The topological polar surface area (TPSA) is 37.8 Å². The maximum absolute atomic E-state index is 6.12. The first kappa shape index (κ1) is 13.7. The fourth-order valence-electron chi connectivity index (χ4n) is 2.27. The molecule has 1 saturated heterocycles. The molecule has 1 unspecified atom stereocenters. The first-order valence-electron chi connectivity index (χ1n) is 6.75. The van der Waals surface area contributed by atoms with Gasteiger partial charge in [-0.1, -0.05) is 41.9 Å². The van der Waals surface area contributed by atoms with Gasteiger partial charge < -0.3 is 5.32 Å². The van der Waals surface area contributed by atoms with Crippen molar-refractivity contribution in [1.82, 2.24) is 9.97 Å². The van der Waals surface area contributed by atoms with E-state index in [1.165, 1.54) is 18.6 Å². The molecule has 1 aromatic heterocycles. The van der Waals surface area contributed by atoms with Gasteiger partial charge in [-0.05, 0) is 18.6 Å². The number of aromatic nitrogens is 2. The lowest BCUT2D eigenvalue weighted by molar-refractivity contribution is 0.682. The van der Waals surface area contributed by atoms with Crippen LogP contribution in [-0.2, 0) is 0 Å². The van der Waals surface area contributed by atoms with E-state index in [0.717, 1.165) is 17.1 Å². The Balaban J connectivity index is 1.83. The SMILES string of the molecule is Clc1cc(NC2CCCSC2)nc(-c2ccccc2)n1. The molecule has 2 heterocycles. The molecule has 1 aliphatic rings. The highest BCUT2D eigenvalue weighted by Gasteiger charge is 2.15. The third-order valence-corrected chi connectivity index (χ3v) is 4.65. The quantitative estimate of drug-likeness (QED) is 0.866. The molecular weight excluding hydrogens is 290 g/mol. The minimum atomic E-state index is 0.475. The van der Waals surface area contributed by atoms with Crippen LogP contribution in [0.5, 0.6) is 0 Å². The summed E-state index contributed by atoms with van der Waals surface area (Å²) in [6.45, 7) is 0. The van der Waals surface area contributed by atoms with E-state index in [-0.39, 0.29) is 0 Å². The Morgan fingerprint density at radius 2 is 2.05 bits per heavy atom. The van der Waals surface area contributed by atoms with Crippen molar-refractivity contribution in [2.45, 2.75) is 18.9 Å². The number of thioether (sulfide) groups is 1. The Morgan fingerprint density at radius 1 is 1.20 bits per heavy atom. The van der Waals surface area contributed by atoms with Crippen molar-refractivity contribution in [3.63, 3.8) is 0 Å². The van der Waals surface area contributed by atoms with Crippen molar-refractivity contribution in [1.29, 1.82) is 0 Å². The first-order chi connectivity index (χ1) is 9.81. The molecule has 1 fully saturated rings. The van der Waals surface area contributed by atoms with Crippen LogP contribution >= 0.6 is 23.4 Å².